The number of benzene rings is 2. The number of hydrogen-bond acceptors (Lipinski definition) is 4. The Kier molecular flexibility index (Phi) is 4.30. The van der Waals surface area contributed by atoms with Crippen LogP contribution < -0.4 is 4.90 Å². The van der Waals surface area contributed by atoms with Gasteiger partial charge in [0.15, 0.2) is 5.78 Å². The van der Waals surface area contributed by atoms with Crippen LogP contribution in [0.2, 0.25) is 5.02 Å². The number of hydrogen-bond donors (Lipinski definition) is 0. The van der Waals surface area contributed by atoms with Gasteiger partial charge in [0.1, 0.15) is 0 Å². The van der Waals surface area contributed by atoms with Crippen LogP contribution in [0.4, 0.5) is 5.69 Å². The van der Waals surface area contributed by atoms with Gasteiger partial charge >= 0.3 is 7.60 Å². The highest BCUT2D eigenvalue weighted by Crippen LogP contribution is 2.64. The molecule has 0 N–H and O–H groups in total. The predicted octanol–water partition coefficient (Wildman–Crippen LogP) is 4.48. The molecule has 0 radical (unpaired) electrons. The van der Waals surface area contributed by atoms with E-state index in [1.165, 1.54) is 19.1 Å². The fraction of sp³-hybridized carbons (Fsp3) is 0.188. The summed E-state index contributed by atoms with van der Waals surface area (Å²) in [5.74, 6) is -1.11. The summed E-state index contributed by atoms with van der Waals surface area (Å²) < 4.78 is 23.4. The SMILES string of the molecule is COP(=O)(OC)C1c2ccccc2C(=O)N1c1cccc(Cl)c1. The van der Waals surface area contributed by atoms with E-state index in [4.69, 9.17) is 20.6 Å². The fourth-order valence-corrected chi connectivity index (χ4v) is 4.59. The number of rotatable bonds is 4. The predicted molar refractivity (Wildman–Crippen MR) is 89.1 cm³/mol. The molecule has 0 aromatic heterocycles. The zero-order valence-corrected chi connectivity index (χ0v) is 14.3. The summed E-state index contributed by atoms with van der Waals surface area (Å²) in [5.41, 5.74) is 1.63. The molecule has 1 unspecified atom stereocenters. The maximum absolute atomic E-state index is 13.1. The summed E-state index contributed by atoms with van der Waals surface area (Å²) in [6.07, 6.45) is 0. The van der Waals surface area contributed by atoms with Crippen molar-refractivity contribution < 1.29 is 18.4 Å². The topological polar surface area (TPSA) is 55.8 Å². The van der Waals surface area contributed by atoms with Crippen molar-refractivity contribution in [3.05, 3.63) is 64.7 Å². The minimum Gasteiger partial charge on any atom is -0.310 e. The van der Waals surface area contributed by atoms with E-state index in [1.54, 1.807) is 48.5 Å². The lowest BCUT2D eigenvalue weighted by Crippen LogP contribution is -2.28. The first-order valence-corrected chi connectivity index (χ1v) is 8.90. The second kappa shape index (κ2) is 6.10. The van der Waals surface area contributed by atoms with Gasteiger partial charge in [0.25, 0.3) is 5.91 Å². The third-order valence-corrected chi connectivity index (χ3v) is 6.19. The van der Waals surface area contributed by atoms with Crippen LogP contribution >= 0.6 is 19.2 Å². The summed E-state index contributed by atoms with van der Waals surface area (Å²) in [6, 6.07) is 13.8. The van der Waals surface area contributed by atoms with Crippen LogP contribution in [0.15, 0.2) is 48.5 Å². The molecule has 7 heteroatoms. The highest BCUT2D eigenvalue weighted by Gasteiger charge is 2.49. The number of amides is 1. The molecular weight excluding hydrogens is 337 g/mol. The summed E-state index contributed by atoms with van der Waals surface area (Å²) in [6.45, 7) is 0. The van der Waals surface area contributed by atoms with Crippen molar-refractivity contribution in [3.63, 3.8) is 0 Å². The molecule has 0 aliphatic carbocycles. The number of nitrogens with zero attached hydrogens (tertiary/aromatic N) is 1. The molecule has 2 aromatic carbocycles. The van der Waals surface area contributed by atoms with Crippen molar-refractivity contribution in [3.8, 4) is 0 Å². The maximum Gasteiger partial charge on any atom is 0.357 e. The van der Waals surface area contributed by atoms with E-state index in [2.05, 4.69) is 0 Å². The van der Waals surface area contributed by atoms with Gasteiger partial charge in [-0.1, -0.05) is 35.9 Å². The lowest BCUT2D eigenvalue weighted by Gasteiger charge is -2.29. The highest BCUT2D eigenvalue weighted by molar-refractivity contribution is 7.54. The lowest BCUT2D eigenvalue weighted by molar-refractivity contribution is 0.0992. The molecule has 1 heterocycles. The van der Waals surface area contributed by atoms with Gasteiger partial charge in [-0.15, -0.1) is 0 Å². The van der Waals surface area contributed by atoms with E-state index in [0.29, 0.717) is 21.8 Å². The van der Waals surface area contributed by atoms with Crippen LogP contribution in [0.1, 0.15) is 21.7 Å². The van der Waals surface area contributed by atoms with Crippen molar-refractivity contribution in [1.29, 1.82) is 0 Å². The molecule has 1 atom stereocenters. The molecule has 1 amide bonds. The molecule has 0 saturated carbocycles. The summed E-state index contributed by atoms with van der Waals surface area (Å²) in [5, 5.41) is 0.481. The van der Waals surface area contributed by atoms with Gasteiger partial charge in [0.2, 0.25) is 0 Å². The van der Waals surface area contributed by atoms with Crippen molar-refractivity contribution in [2.45, 2.75) is 5.78 Å². The van der Waals surface area contributed by atoms with Crippen LogP contribution in [0, 0.1) is 0 Å². The van der Waals surface area contributed by atoms with Crippen molar-refractivity contribution >= 4 is 30.8 Å². The highest BCUT2D eigenvalue weighted by atomic mass is 35.5. The fourth-order valence-electron chi connectivity index (χ4n) is 2.77. The van der Waals surface area contributed by atoms with Gasteiger partial charge in [-0.05, 0) is 29.8 Å². The monoisotopic (exact) mass is 351 g/mol. The second-order valence-corrected chi connectivity index (χ2v) is 7.76. The summed E-state index contributed by atoms with van der Waals surface area (Å²) >= 11 is 6.04. The Morgan fingerprint density at radius 3 is 2.43 bits per heavy atom. The molecular formula is C16H15ClNO4P. The number of carbonyl (C=O) groups excluding carboxylic acids is 1. The zero-order chi connectivity index (χ0) is 16.6. The number of anilines is 1. The van der Waals surface area contributed by atoms with Gasteiger partial charge in [0, 0.05) is 30.5 Å². The van der Waals surface area contributed by atoms with Crippen LogP contribution in [-0.4, -0.2) is 20.1 Å². The van der Waals surface area contributed by atoms with Gasteiger partial charge in [-0.3, -0.25) is 14.3 Å². The molecule has 5 nitrogen and oxygen atoms in total. The first kappa shape index (κ1) is 16.2. The maximum atomic E-state index is 13.1. The Balaban J connectivity index is 2.22. The quantitative estimate of drug-likeness (QED) is 0.762. The molecule has 1 aliphatic rings. The molecule has 0 saturated heterocycles. The average Bonchev–Trinajstić information content (AvgIpc) is 2.88. The van der Waals surface area contributed by atoms with Gasteiger partial charge in [-0.25, -0.2) is 0 Å². The summed E-state index contributed by atoms with van der Waals surface area (Å²) in [7, 11) is -0.950. The number of carbonyl (C=O) groups is 1. The molecule has 23 heavy (non-hydrogen) atoms. The Morgan fingerprint density at radius 2 is 1.78 bits per heavy atom. The molecule has 0 bridgehead atoms. The van der Waals surface area contributed by atoms with Gasteiger partial charge in [-0.2, -0.15) is 0 Å². The Bertz CT molecular complexity index is 802. The van der Waals surface area contributed by atoms with Gasteiger partial charge < -0.3 is 9.05 Å². The minimum absolute atomic E-state index is 0.262. The van der Waals surface area contributed by atoms with E-state index >= 15 is 0 Å². The Morgan fingerprint density at radius 1 is 1.09 bits per heavy atom. The van der Waals surface area contributed by atoms with E-state index in [-0.39, 0.29) is 5.91 Å². The second-order valence-electron chi connectivity index (χ2n) is 5.02. The van der Waals surface area contributed by atoms with E-state index < -0.39 is 13.4 Å². The Labute approximate surface area is 139 Å². The molecule has 120 valence electrons. The molecule has 3 rings (SSSR count). The van der Waals surface area contributed by atoms with E-state index in [1.807, 2.05) is 0 Å². The lowest BCUT2D eigenvalue weighted by atomic mass is 10.1. The third kappa shape index (κ3) is 2.60. The van der Waals surface area contributed by atoms with Crippen LogP contribution in [0.5, 0.6) is 0 Å². The van der Waals surface area contributed by atoms with Crippen LogP contribution in [0.25, 0.3) is 0 Å². The number of halogens is 1. The normalized spacial score (nSPS) is 17.4. The Hall–Kier alpha value is -1.65. The largest absolute Gasteiger partial charge is 0.357 e. The van der Waals surface area contributed by atoms with E-state index in [0.717, 1.165) is 0 Å². The first-order chi connectivity index (χ1) is 11.0. The number of fused-ring (bicyclic) bond motifs is 1. The summed E-state index contributed by atoms with van der Waals surface area (Å²) in [4.78, 5) is 14.3. The van der Waals surface area contributed by atoms with Crippen LogP contribution in [-0.2, 0) is 13.6 Å². The van der Waals surface area contributed by atoms with Crippen molar-refractivity contribution in [1.82, 2.24) is 0 Å². The third-order valence-electron chi connectivity index (χ3n) is 3.83. The molecule has 2 aromatic rings. The van der Waals surface area contributed by atoms with E-state index in [9.17, 15) is 9.36 Å². The standard InChI is InChI=1S/C16H15ClNO4P/c1-21-23(20,22-2)16-14-9-4-3-8-13(14)15(19)18(16)12-7-5-6-11(17)10-12/h3-10,16H,1-2H3. The first-order valence-electron chi connectivity index (χ1n) is 6.91. The van der Waals surface area contributed by atoms with Crippen molar-refractivity contribution in [2.75, 3.05) is 19.1 Å². The average molecular weight is 352 g/mol. The molecule has 1 aliphatic heterocycles. The molecule has 0 spiro atoms. The molecule has 0 fully saturated rings. The smallest absolute Gasteiger partial charge is 0.310 e. The van der Waals surface area contributed by atoms with Crippen LogP contribution in [0.3, 0.4) is 0 Å². The zero-order valence-electron chi connectivity index (χ0n) is 12.6. The van der Waals surface area contributed by atoms with Crippen molar-refractivity contribution in [2.24, 2.45) is 0 Å². The van der Waals surface area contributed by atoms with Gasteiger partial charge in [0.05, 0.1) is 0 Å². The minimum atomic E-state index is -3.57.